The Morgan fingerprint density at radius 3 is 2.56 bits per heavy atom. The van der Waals surface area contributed by atoms with Crippen LogP contribution in [0.15, 0.2) is 36.7 Å². The minimum atomic E-state index is -2.80. The van der Waals surface area contributed by atoms with Crippen LogP contribution in [0.5, 0.6) is 5.75 Å². The van der Waals surface area contributed by atoms with Crippen LogP contribution in [0.3, 0.4) is 0 Å². The highest BCUT2D eigenvalue weighted by atomic mass is 19.3. The summed E-state index contributed by atoms with van der Waals surface area (Å²) in [6, 6.07) is 6.16. The maximum Gasteiger partial charge on any atom is 0.387 e. The number of ether oxygens (including phenoxy) is 1. The second-order valence-corrected chi connectivity index (χ2v) is 2.97. The zero-order chi connectivity index (χ0) is 11.4. The number of alkyl halides is 2. The van der Waals surface area contributed by atoms with Gasteiger partial charge in [0.05, 0.1) is 0 Å². The molecule has 0 bridgehead atoms. The Morgan fingerprint density at radius 2 is 2.00 bits per heavy atom. The van der Waals surface area contributed by atoms with Gasteiger partial charge < -0.3 is 15.0 Å². The standard InChI is InChI=1S/C10H9F2N3O/c11-9(12)16-8-3-1-7(2-4-8)15-10-13-5-6-14-10/h1-6,9H,(H2,13,14,15). The van der Waals surface area contributed by atoms with Gasteiger partial charge in [0, 0.05) is 18.1 Å². The Morgan fingerprint density at radius 1 is 1.25 bits per heavy atom. The average Bonchev–Trinajstić information content (AvgIpc) is 2.73. The predicted molar refractivity (Wildman–Crippen MR) is 54.9 cm³/mol. The van der Waals surface area contributed by atoms with Crippen molar-refractivity contribution in [2.24, 2.45) is 0 Å². The van der Waals surface area contributed by atoms with E-state index in [2.05, 4.69) is 20.0 Å². The molecule has 0 aliphatic rings. The molecule has 0 radical (unpaired) electrons. The number of H-pyrrole nitrogens is 1. The molecule has 4 nitrogen and oxygen atoms in total. The number of benzene rings is 1. The first kappa shape index (κ1) is 10.4. The van der Waals surface area contributed by atoms with E-state index in [0.717, 1.165) is 5.69 Å². The number of hydrogen-bond donors (Lipinski definition) is 2. The van der Waals surface area contributed by atoms with Crippen molar-refractivity contribution >= 4 is 11.6 Å². The van der Waals surface area contributed by atoms with E-state index in [1.165, 1.54) is 12.1 Å². The molecular formula is C10H9F2N3O. The number of aromatic nitrogens is 2. The third kappa shape index (κ3) is 2.69. The molecule has 0 saturated carbocycles. The van der Waals surface area contributed by atoms with Crippen molar-refractivity contribution in [3.05, 3.63) is 36.7 Å². The largest absolute Gasteiger partial charge is 0.435 e. The SMILES string of the molecule is FC(F)Oc1ccc(Nc2ncc[nH]2)cc1. The van der Waals surface area contributed by atoms with E-state index in [1.807, 2.05) is 0 Å². The molecule has 16 heavy (non-hydrogen) atoms. The number of rotatable bonds is 4. The van der Waals surface area contributed by atoms with Crippen LogP contribution in [0.1, 0.15) is 0 Å². The maximum absolute atomic E-state index is 11.9. The van der Waals surface area contributed by atoms with Crippen molar-refractivity contribution in [1.82, 2.24) is 9.97 Å². The molecule has 6 heteroatoms. The van der Waals surface area contributed by atoms with Crippen LogP contribution in [-0.2, 0) is 0 Å². The smallest absolute Gasteiger partial charge is 0.387 e. The molecule has 0 saturated heterocycles. The van der Waals surface area contributed by atoms with Crippen molar-refractivity contribution < 1.29 is 13.5 Å². The molecule has 0 atom stereocenters. The molecule has 2 rings (SSSR count). The fraction of sp³-hybridized carbons (Fsp3) is 0.100. The summed E-state index contributed by atoms with van der Waals surface area (Å²) in [5.74, 6) is 0.711. The maximum atomic E-state index is 11.9. The van der Waals surface area contributed by atoms with Crippen molar-refractivity contribution in [3.63, 3.8) is 0 Å². The predicted octanol–water partition coefficient (Wildman–Crippen LogP) is 2.75. The van der Waals surface area contributed by atoms with Gasteiger partial charge in [-0.3, -0.25) is 0 Å². The van der Waals surface area contributed by atoms with Gasteiger partial charge in [0.1, 0.15) is 5.75 Å². The molecule has 0 spiro atoms. The molecule has 0 unspecified atom stereocenters. The van der Waals surface area contributed by atoms with Crippen LogP contribution in [0.25, 0.3) is 0 Å². The molecular weight excluding hydrogens is 216 g/mol. The number of nitrogens with one attached hydrogen (secondary N) is 2. The first-order valence-electron chi connectivity index (χ1n) is 4.55. The van der Waals surface area contributed by atoms with E-state index in [4.69, 9.17) is 0 Å². The second kappa shape index (κ2) is 4.61. The third-order valence-corrected chi connectivity index (χ3v) is 1.84. The zero-order valence-electron chi connectivity index (χ0n) is 8.15. The quantitative estimate of drug-likeness (QED) is 0.841. The van der Waals surface area contributed by atoms with Crippen LogP contribution < -0.4 is 10.1 Å². The van der Waals surface area contributed by atoms with Gasteiger partial charge in [-0.15, -0.1) is 0 Å². The van der Waals surface area contributed by atoms with Crippen LogP contribution in [-0.4, -0.2) is 16.6 Å². The summed E-state index contributed by atoms with van der Waals surface area (Å²) >= 11 is 0. The Balaban J connectivity index is 2.02. The van der Waals surface area contributed by atoms with Gasteiger partial charge >= 0.3 is 6.61 Å². The summed E-state index contributed by atoms with van der Waals surface area (Å²) in [6.07, 6.45) is 3.28. The summed E-state index contributed by atoms with van der Waals surface area (Å²) in [7, 11) is 0. The molecule has 0 fully saturated rings. The number of nitrogens with zero attached hydrogens (tertiary/aromatic N) is 1. The topological polar surface area (TPSA) is 49.9 Å². The lowest BCUT2D eigenvalue weighted by atomic mass is 10.3. The first-order valence-corrected chi connectivity index (χ1v) is 4.55. The fourth-order valence-corrected chi connectivity index (χ4v) is 1.19. The number of aromatic amines is 1. The molecule has 1 aromatic heterocycles. The highest BCUT2D eigenvalue weighted by molar-refractivity contribution is 5.54. The minimum Gasteiger partial charge on any atom is -0.435 e. The van der Waals surface area contributed by atoms with Crippen molar-refractivity contribution in [2.45, 2.75) is 6.61 Å². The fourth-order valence-electron chi connectivity index (χ4n) is 1.19. The lowest BCUT2D eigenvalue weighted by molar-refractivity contribution is -0.0498. The average molecular weight is 225 g/mol. The molecule has 1 heterocycles. The number of anilines is 2. The van der Waals surface area contributed by atoms with E-state index in [1.54, 1.807) is 24.5 Å². The Bertz CT molecular complexity index is 428. The summed E-state index contributed by atoms with van der Waals surface area (Å²) in [6.45, 7) is -2.80. The van der Waals surface area contributed by atoms with Crippen molar-refractivity contribution in [1.29, 1.82) is 0 Å². The van der Waals surface area contributed by atoms with Crippen LogP contribution in [0, 0.1) is 0 Å². The molecule has 1 aromatic carbocycles. The molecule has 2 N–H and O–H groups in total. The van der Waals surface area contributed by atoms with E-state index in [0.29, 0.717) is 5.95 Å². The van der Waals surface area contributed by atoms with Crippen LogP contribution in [0.4, 0.5) is 20.4 Å². The summed E-state index contributed by atoms with van der Waals surface area (Å²) < 4.78 is 28.0. The van der Waals surface area contributed by atoms with E-state index in [9.17, 15) is 8.78 Å². The van der Waals surface area contributed by atoms with Gasteiger partial charge in [0.25, 0.3) is 0 Å². The number of hydrogen-bond acceptors (Lipinski definition) is 3. The summed E-state index contributed by atoms with van der Waals surface area (Å²) in [5.41, 5.74) is 0.733. The summed E-state index contributed by atoms with van der Waals surface area (Å²) in [5, 5.41) is 2.95. The number of imidazole rings is 1. The lowest BCUT2D eigenvalue weighted by Crippen LogP contribution is -2.01. The second-order valence-electron chi connectivity index (χ2n) is 2.97. The first-order chi connectivity index (χ1) is 7.74. The molecule has 2 aromatic rings. The van der Waals surface area contributed by atoms with Crippen LogP contribution >= 0.6 is 0 Å². The highest BCUT2D eigenvalue weighted by Crippen LogP contribution is 2.19. The Kier molecular flexibility index (Phi) is 3.00. The van der Waals surface area contributed by atoms with Gasteiger partial charge in [0.15, 0.2) is 0 Å². The van der Waals surface area contributed by atoms with Gasteiger partial charge in [-0.05, 0) is 24.3 Å². The molecule has 0 aliphatic carbocycles. The monoisotopic (exact) mass is 225 g/mol. The normalized spacial score (nSPS) is 10.4. The van der Waals surface area contributed by atoms with Crippen LogP contribution in [0.2, 0.25) is 0 Å². The van der Waals surface area contributed by atoms with Crippen molar-refractivity contribution in [2.75, 3.05) is 5.32 Å². The van der Waals surface area contributed by atoms with Crippen molar-refractivity contribution in [3.8, 4) is 5.75 Å². The van der Waals surface area contributed by atoms with Gasteiger partial charge in [-0.2, -0.15) is 8.78 Å². The zero-order valence-corrected chi connectivity index (χ0v) is 8.15. The van der Waals surface area contributed by atoms with E-state index in [-0.39, 0.29) is 5.75 Å². The van der Waals surface area contributed by atoms with E-state index >= 15 is 0 Å². The Labute approximate surface area is 90.3 Å². The lowest BCUT2D eigenvalue weighted by Gasteiger charge is -2.06. The molecule has 84 valence electrons. The minimum absolute atomic E-state index is 0.125. The van der Waals surface area contributed by atoms with Gasteiger partial charge in [-0.25, -0.2) is 4.98 Å². The van der Waals surface area contributed by atoms with E-state index < -0.39 is 6.61 Å². The molecule has 0 amide bonds. The van der Waals surface area contributed by atoms with Gasteiger partial charge in [-0.1, -0.05) is 0 Å². The molecule has 0 aliphatic heterocycles. The third-order valence-electron chi connectivity index (χ3n) is 1.84. The highest BCUT2D eigenvalue weighted by Gasteiger charge is 2.03. The Hall–Kier alpha value is -2.11. The number of halogens is 2. The van der Waals surface area contributed by atoms with Gasteiger partial charge in [0.2, 0.25) is 5.95 Å². The summed E-state index contributed by atoms with van der Waals surface area (Å²) in [4.78, 5) is 6.82.